The molecule has 2 nitrogen and oxygen atoms in total. The van der Waals surface area contributed by atoms with Gasteiger partial charge < -0.3 is 4.74 Å². The Morgan fingerprint density at radius 3 is 2.33 bits per heavy atom. The zero-order valence-electron chi connectivity index (χ0n) is 12.6. The third kappa shape index (κ3) is 3.85. The van der Waals surface area contributed by atoms with Gasteiger partial charge in [0.2, 0.25) is 0 Å². The summed E-state index contributed by atoms with van der Waals surface area (Å²) in [6.07, 6.45) is 1.15. The van der Waals surface area contributed by atoms with E-state index < -0.39 is 0 Å². The maximum absolute atomic E-state index is 12.3. The number of hydrogen-bond acceptors (Lipinski definition) is 2. The number of Topliss-reactive ketones (excluding diaryl/α,β-unsaturated/α-hetero) is 1. The molecule has 0 fully saturated rings. The lowest BCUT2D eigenvalue weighted by molar-refractivity contribution is 0.0983. The molecule has 0 saturated carbocycles. The molecule has 0 spiro atoms. The van der Waals surface area contributed by atoms with Crippen LogP contribution in [-0.4, -0.2) is 12.9 Å². The molecule has 0 aromatic heterocycles. The summed E-state index contributed by atoms with van der Waals surface area (Å²) < 4.78 is 5.12. The minimum absolute atomic E-state index is 0.0823. The van der Waals surface area contributed by atoms with Crippen molar-refractivity contribution in [3.05, 3.63) is 63.7 Å². The molecule has 3 heteroatoms. The van der Waals surface area contributed by atoms with E-state index in [2.05, 4.69) is 0 Å². The second kappa shape index (κ2) is 6.77. The smallest absolute Gasteiger partial charge is 0.164 e. The molecule has 2 aromatic rings. The van der Waals surface area contributed by atoms with Gasteiger partial charge in [-0.3, -0.25) is 4.79 Å². The number of aryl methyl sites for hydroxylation is 3. The molecule has 0 aliphatic heterocycles. The highest BCUT2D eigenvalue weighted by Crippen LogP contribution is 2.23. The van der Waals surface area contributed by atoms with Crippen molar-refractivity contribution >= 4 is 17.4 Å². The Morgan fingerprint density at radius 1 is 1.10 bits per heavy atom. The number of methoxy groups -OCH3 is 1. The summed E-state index contributed by atoms with van der Waals surface area (Å²) >= 11 is 6.18. The Morgan fingerprint density at radius 2 is 1.71 bits per heavy atom. The molecule has 0 radical (unpaired) electrons. The molecule has 0 saturated heterocycles. The molecule has 0 amide bonds. The number of rotatable bonds is 5. The average Bonchev–Trinajstić information content (AvgIpc) is 2.49. The van der Waals surface area contributed by atoms with Crippen LogP contribution in [0.2, 0.25) is 5.02 Å². The molecular weight excluding hydrogens is 284 g/mol. The van der Waals surface area contributed by atoms with Crippen LogP contribution in [-0.2, 0) is 6.42 Å². The minimum atomic E-state index is 0.0823. The Hall–Kier alpha value is -1.80. The molecule has 2 rings (SSSR count). The molecule has 0 heterocycles. The Labute approximate surface area is 130 Å². The van der Waals surface area contributed by atoms with Gasteiger partial charge in [0.15, 0.2) is 5.78 Å². The van der Waals surface area contributed by atoms with E-state index in [0.717, 1.165) is 22.4 Å². The predicted molar refractivity (Wildman–Crippen MR) is 86.6 cm³/mol. The molecule has 0 bridgehead atoms. The van der Waals surface area contributed by atoms with Crippen molar-refractivity contribution in [2.75, 3.05) is 7.11 Å². The highest BCUT2D eigenvalue weighted by molar-refractivity contribution is 6.34. The number of ether oxygens (including phenoxy) is 1. The Kier molecular flexibility index (Phi) is 5.03. The summed E-state index contributed by atoms with van der Waals surface area (Å²) in [5, 5.41) is 0.540. The molecule has 0 aliphatic rings. The number of ketones is 1. The maximum Gasteiger partial charge on any atom is 0.164 e. The standard InChI is InChI=1S/C18H19ClO2/c1-12-10-16(17(19)11-13(12)2)18(20)9-6-14-4-7-15(21-3)8-5-14/h4-5,7-8,10-11H,6,9H2,1-3H3. The van der Waals surface area contributed by atoms with Gasteiger partial charge in [0.25, 0.3) is 0 Å². The number of halogens is 1. The monoisotopic (exact) mass is 302 g/mol. The van der Waals surface area contributed by atoms with Gasteiger partial charge in [0.05, 0.1) is 12.1 Å². The van der Waals surface area contributed by atoms with Gasteiger partial charge in [-0.1, -0.05) is 23.7 Å². The van der Waals surface area contributed by atoms with E-state index >= 15 is 0 Å². The van der Waals surface area contributed by atoms with E-state index in [-0.39, 0.29) is 5.78 Å². The fourth-order valence-corrected chi connectivity index (χ4v) is 2.50. The van der Waals surface area contributed by atoms with Crippen LogP contribution in [0.1, 0.15) is 33.5 Å². The minimum Gasteiger partial charge on any atom is -0.497 e. The quantitative estimate of drug-likeness (QED) is 0.743. The summed E-state index contributed by atoms with van der Waals surface area (Å²) in [6.45, 7) is 3.98. The van der Waals surface area contributed by atoms with Crippen molar-refractivity contribution in [1.29, 1.82) is 0 Å². The number of carbonyl (C=O) groups excluding carboxylic acids is 1. The lowest BCUT2D eigenvalue weighted by atomic mass is 9.99. The van der Waals surface area contributed by atoms with Crippen molar-refractivity contribution in [2.45, 2.75) is 26.7 Å². The van der Waals surface area contributed by atoms with Crippen LogP contribution in [0.25, 0.3) is 0 Å². The highest BCUT2D eigenvalue weighted by atomic mass is 35.5. The molecule has 0 aliphatic carbocycles. The van der Waals surface area contributed by atoms with Gasteiger partial charge in [-0.2, -0.15) is 0 Å². The summed E-state index contributed by atoms with van der Waals surface area (Å²) in [5.41, 5.74) is 3.93. The van der Waals surface area contributed by atoms with Crippen molar-refractivity contribution in [3.63, 3.8) is 0 Å². The highest BCUT2D eigenvalue weighted by Gasteiger charge is 2.12. The Bertz CT molecular complexity index is 645. The zero-order valence-corrected chi connectivity index (χ0v) is 13.3. The van der Waals surface area contributed by atoms with E-state index in [1.54, 1.807) is 7.11 Å². The third-order valence-corrected chi connectivity index (χ3v) is 4.00. The number of hydrogen-bond donors (Lipinski definition) is 0. The predicted octanol–water partition coefficient (Wildman–Crippen LogP) is 4.78. The van der Waals surface area contributed by atoms with E-state index in [1.807, 2.05) is 50.2 Å². The van der Waals surface area contributed by atoms with Crippen LogP contribution in [0.5, 0.6) is 5.75 Å². The van der Waals surface area contributed by atoms with E-state index in [4.69, 9.17) is 16.3 Å². The first-order valence-corrected chi connectivity index (χ1v) is 7.32. The molecule has 0 N–H and O–H groups in total. The van der Waals surface area contributed by atoms with Crippen molar-refractivity contribution < 1.29 is 9.53 Å². The first kappa shape index (κ1) is 15.6. The van der Waals surface area contributed by atoms with Crippen molar-refractivity contribution in [2.24, 2.45) is 0 Å². The molecule has 0 atom stereocenters. The van der Waals surface area contributed by atoms with Crippen molar-refractivity contribution in [3.8, 4) is 5.75 Å². The van der Waals surface area contributed by atoms with Crippen molar-refractivity contribution in [1.82, 2.24) is 0 Å². The normalized spacial score (nSPS) is 10.5. The summed E-state index contributed by atoms with van der Waals surface area (Å²) in [6, 6.07) is 11.5. The molecule has 110 valence electrons. The number of carbonyl (C=O) groups is 1. The first-order chi connectivity index (χ1) is 10.0. The van der Waals surface area contributed by atoms with Crippen LogP contribution in [0.3, 0.4) is 0 Å². The van der Waals surface area contributed by atoms with Gasteiger partial charge in [-0.15, -0.1) is 0 Å². The van der Waals surface area contributed by atoms with E-state index in [1.165, 1.54) is 0 Å². The van der Waals surface area contributed by atoms with Gasteiger partial charge in [-0.05, 0) is 61.2 Å². The Balaban J connectivity index is 2.06. The summed E-state index contributed by atoms with van der Waals surface area (Å²) in [7, 11) is 1.64. The molecule has 21 heavy (non-hydrogen) atoms. The van der Waals surface area contributed by atoms with Gasteiger partial charge >= 0.3 is 0 Å². The van der Waals surface area contributed by atoms with Crippen LogP contribution >= 0.6 is 11.6 Å². The van der Waals surface area contributed by atoms with Gasteiger partial charge in [-0.25, -0.2) is 0 Å². The molecular formula is C18H19ClO2. The lowest BCUT2D eigenvalue weighted by Crippen LogP contribution is -2.03. The van der Waals surface area contributed by atoms with Crippen LogP contribution in [0.4, 0.5) is 0 Å². The summed E-state index contributed by atoms with van der Waals surface area (Å²) in [4.78, 5) is 12.3. The average molecular weight is 303 g/mol. The number of benzene rings is 2. The van der Waals surface area contributed by atoms with Gasteiger partial charge in [0.1, 0.15) is 5.75 Å². The fourth-order valence-electron chi connectivity index (χ4n) is 2.18. The van der Waals surface area contributed by atoms with Crippen LogP contribution < -0.4 is 4.74 Å². The lowest BCUT2D eigenvalue weighted by Gasteiger charge is -2.08. The largest absolute Gasteiger partial charge is 0.497 e. The molecule has 2 aromatic carbocycles. The second-order valence-electron chi connectivity index (χ2n) is 5.19. The van der Waals surface area contributed by atoms with Crippen LogP contribution in [0.15, 0.2) is 36.4 Å². The maximum atomic E-state index is 12.3. The van der Waals surface area contributed by atoms with Crippen LogP contribution in [0, 0.1) is 13.8 Å². The van der Waals surface area contributed by atoms with E-state index in [0.29, 0.717) is 23.4 Å². The first-order valence-electron chi connectivity index (χ1n) is 6.94. The zero-order chi connectivity index (χ0) is 15.4. The molecule has 0 unspecified atom stereocenters. The third-order valence-electron chi connectivity index (χ3n) is 3.68. The summed E-state index contributed by atoms with van der Waals surface area (Å²) in [5.74, 6) is 0.904. The van der Waals surface area contributed by atoms with Gasteiger partial charge in [0, 0.05) is 12.0 Å². The second-order valence-corrected chi connectivity index (χ2v) is 5.59. The topological polar surface area (TPSA) is 26.3 Å². The fraction of sp³-hybridized carbons (Fsp3) is 0.278. The SMILES string of the molecule is COc1ccc(CCC(=O)c2cc(C)c(C)cc2Cl)cc1. The van der Waals surface area contributed by atoms with E-state index in [9.17, 15) is 4.79 Å².